The molecule has 0 aromatic heterocycles. The number of carbonyl (C=O) groups is 1. The van der Waals surface area contributed by atoms with E-state index in [2.05, 4.69) is 6.58 Å². The van der Waals surface area contributed by atoms with Gasteiger partial charge in [-0.25, -0.2) is 0 Å². The number of hydrogen-bond acceptors (Lipinski definition) is 3. The molecule has 0 aliphatic carbocycles. The van der Waals surface area contributed by atoms with E-state index in [9.17, 15) is 9.90 Å². The highest BCUT2D eigenvalue weighted by Crippen LogP contribution is 2.25. The van der Waals surface area contributed by atoms with Gasteiger partial charge in [0.15, 0.2) is 0 Å². The van der Waals surface area contributed by atoms with E-state index in [1.54, 1.807) is 34.6 Å². The molecule has 0 rings (SSSR count). The maximum atomic E-state index is 11.7. The lowest BCUT2D eigenvalue weighted by molar-refractivity contribution is -0.170. The molecule has 0 aliphatic rings. The van der Waals surface area contributed by atoms with Crippen molar-refractivity contribution in [2.24, 2.45) is 5.41 Å². The first-order chi connectivity index (χ1) is 6.11. The van der Waals surface area contributed by atoms with Crippen molar-refractivity contribution < 1.29 is 14.6 Å². The van der Waals surface area contributed by atoms with E-state index in [1.807, 2.05) is 0 Å². The van der Waals surface area contributed by atoms with Crippen LogP contribution in [0.4, 0.5) is 0 Å². The lowest BCUT2D eigenvalue weighted by Gasteiger charge is -2.30. The standard InChI is InChI=1S/C11H20O3/c1-7-8(12)11(5,6)9(13)14-10(2,3)4/h7-8,12H,1H2,2-6H3/t8-/m1/s1. The second-order valence-electron chi connectivity index (χ2n) is 4.90. The Morgan fingerprint density at radius 3 is 2.07 bits per heavy atom. The summed E-state index contributed by atoms with van der Waals surface area (Å²) in [5.41, 5.74) is -1.48. The molecule has 0 radical (unpaired) electrons. The van der Waals surface area contributed by atoms with Gasteiger partial charge in [-0.1, -0.05) is 6.08 Å². The van der Waals surface area contributed by atoms with E-state index in [0.717, 1.165) is 0 Å². The molecule has 0 saturated carbocycles. The SMILES string of the molecule is C=C[C@@H](O)C(C)(C)C(=O)OC(C)(C)C. The molecular weight excluding hydrogens is 180 g/mol. The van der Waals surface area contributed by atoms with E-state index in [1.165, 1.54) is 6.08 Å². The predicted octanol–water partition coefficient (Wildman–Crippen LogP) is 1.90. The van der Waals surface area contributed by atoms with Crippen LogP contribution < -0.4 is 0 Å². The van der Waals surface area contributed by atoms with Crippen LogP contribution in [0.1, 0.15) is 34.6 Å². The van der Waals surface area contributed by atoms with Crippen molar-refractivity contribution in [2.45, 2.75) is 46.3 Å². The summed E-state index contributed by atoms with van der Waals surface area (Å²) in [6.45, 7) is 12.1. The minimum Gasteiger partial charge on any atom is -0.459 e. The van der Waals surface area contributed by atoms with Gasteiger partial charge in [0.05, 0.1) is 11.5 Å². The average Bonchev–Trinajstić information content (AvgIpc) is 1.99. The highest BCUT2D eigenvalue weighted by molar-refractivity contribution is 5.77. The Morgan fingerprint density at radius 1 is 1.36 bits per heavy atom. The minimum atomic E-state index is -0.949. The molecule has 14 heavy (non-hydrogen) atoms. The van der Waals surface area contributed by atoms with Gasteiger partial charge in [0.25, 0.3) is 0 Å². The van der Waals surface area contributed by atoms with Gasteiger partial charge < -0.3 is 9.84 Å². The van der Waals surface area contributed by atoms with Crippen molar-refractivity contribution in [1.29, 1.82) is 0 Å². The smallest absolute Gasteiger partial charge is 0.315 e. The van der Waals surface area contributed by atoms with E-state index in [0.29, 0.717) is 0 Å². The third kappa shape index (κ3) is 3.50. The molecule has 3 nitrogen and oxygen atoms in total. The van der Waals surface area contributed by atoms with Gasteiger partial charge >= 0.3 is 5.97 Å². The fourth-order valence-electron chi connectivity index (χ4n) is 0.825. The zero-order valence-electron chi connectivity index (χ0n) is 9.63. The largest absolute Gasteiger partial charge is 0.459 e. The Balaban J connectivity index is 4.59. The zero-order valence-corrected chi connectivity index (χ0v) is 9.63. The maximum absolute atomic E-state index is 11.7. The number of aliphatic hydroxyl groups is 1. The molecule has 0 saturated heterocycles. The Bertz CT molecular complexity index is 223. The van der Waals surface area contributed by atoms with Gasteiger partial charge in [0, 0.05) is 0 Å². The highest BCUT2D eigenvalue weighted by Gasteiger charge is 2.37. The van der Waals surface area contributed by atoms with Gasteiger partial charge in [-0.05, 0) is 34.6 Å². The second-order valence-corrected chi connectivity index (χ2v) is 4.90. The molecule has 0 aromatic rings. The summed E-state index contributed by atoms with van der Waals surface area (Å²) in [5, 5.41) is 9.53. The van der Waals surface area contributed by atoms with Crippen LogP contribution in [0.25, 0.3) is 0 Å². The van der Waals surface area contributed by atoms with Crippen LogP contribution in [-0.4, -0.2) is 22.8 Å². The first-order valence-electron chi connectivity index (χ1n) is 4.65. The van der Waals surface area contributed by atoms with E-state index < -0.39 is 23.1 Å². The van der Waals surface area contributed by atoms with Crippen molar-refractivity contribution in [2.75, 3.05) is 0 Å². The fraction of sp³-hybridized carbons (Fsp3) is 0.727. The Labute approximate surface area is 85.8 Å². The maximum Gasteiger partial charge on any atom is 0.315 e. The summed E-state index contributed by atoms with van der Waals surface area (Å²) < 4.78 is 5.18. The molecule has 0 unspecified atom stereocenters. The van der Waals surface area contributed by atoms with Crippen LogP contribution in [-0.2, 0) is 9.53 Å². The third-order valence-electron chi connectivity index (χ3n) is 1.89. The summed E-state index contributed by atoms with van der Waals surface area (Å²) in [4.78, 5) is 11.7. The van der Waals surface area contributed by atoms with Crippen molar-refractivity contribution in [3.05, 3.63) is 12.7 Å². The summed E-state index contributed by atoms with van der Waals surface area (Å²) >= 11 is 0. The first kappa shape index (κ1) is 13.2. The van der Waals surface area contributed by atoms with E-state index in [-0.39, 0.29) is 0 Å². The van der Waals surface area contributed by atoms with Gasteiger partial charge in [0.2, 0.25) is 0 Å². The number of hydrogen-bond donors (Lipinski definition) is 1. The van der Waals surface area contributed by atoms with Crippen LogP contribution in [0.2, 0.25) is 0 Å². The topological polar surface area (TPSA) is 46.5 Å². The predicted molar refractivity (Wildman–Crippen MR) is 55.8 cm³/mol. The van der Waals surface area contributed by atoms with Gasteiger partial charge in [0.1, 0.15) is 5.60 Å². The fourth-order valence-corrected chi connectivity index (χ4v) is 0.825. The zero-order chi connectivity index (χ0) is 11.6. The monoisotopic (exact) mass is 200 g/mol. The molecule has 0 bridgehead atoms. The number of ether oxygens (including phenoxy) is 1. The number of rotatable bonds is 3. The summed E-state index contributed by atoms with van der Waals surface area (Å²) in [5.74, 6) is -0.419. The van der Waals surface area contributed by atoms with E-state index >= 15 is 0 Å². The van der Waals surface area contributed by atoms with Crippen molar-refractivity contribution in [1.82, 2.24) is 0 Å². The molecule has 1 N–H and O–H groups in total. The molecule has 1 atom stereocenters. The van der Waals surface area contributed by atoms with Gasteiger partial charge in [-0.3, -0.25) is 4.79 Å². The molecule has 0 amide bonds. The van der Waals surface area contributed by atoms with Crippen molar-refractivity contribution in [3.63, 3.8) is 0 Å². The van der Waals surface area contributed by atoms with Gasteiger partial charge in [-0.15, -0.1) is 6.58 Å². The van der Waals surface area contributed by atoms with Crippen molar-refractivity contribution >= 4 is 5.97 Å². The van der Waals surface area contributed by atoms with Crippen LogP contribution >= 0.6 is 0 Å². The Hall–Kier alpha value is -0.830. The number of esters is 1. The van der Waals surface area contributed by atoms with E-state index in [4.69, 9.17) is 4.74 Å². The summed E-state index contributed by atoms with van der Waals surface area (Å²) in [6.07, 6.45) is 0.446. The van der Waals surface area contributed by atoms with Gasteiger partial charge in [-0.2, -0.15) is 0 Å². The highest BCUT2D eigenvalue weighted by atomic mass is 16.6. The first-order valence-corrected chi connectivity index (χ1v) is 4.65. The van der Waals surface area contributed by atoms with Crippen LogP contribution in [0.15, 0.2) is 12.7 Å². The molecule has 0 spiro atoms. The number of aliphatic hydroxyl groups excluding tert-OH is 1. The molecule has 0 fully saturated rings. The molecular formula is C11H20O3. The average molecular weight is 200 g/mol. The summed E-state index contributed by atoms with van der Waals surface area (Å²) in [6, 6.07) is 0. The molecule has 0 aliphatic heterocycles. The van der Waals surface area contributed by atoms with Crippen LogP contribution in [0, 0.1) is 5.41 Å². The molecule has 82 valence electrons. The Morgan fingerprint density at radius 2 is 1.79 bits per heavy atom. The molecule has 3 heteroatoms. The molecule has 0 aromatic carbocycles. The van der Waals surface area contributed by atoms with Crippen LogP contribution in [0.3, 0.4) is 0 Å². The lowest BCUT2D eigenvalue weighted by atomic mass is 9.86. The third-order valence-corrected chi connectivity index (χ3v) is 1.89. The quantitative estimate of drug-likeness (QED) is 0.559. The molecule has 0 heterocycles. The van der Waals surface area contributed by atoms with Crippen molar-refractivity contribution in [3.8, 4) is 0 Å². The normalized spacial score (nSPS) is 14.7. The number of carbonyl (C=O) groups excluding carboxylic acids is 1. The lowest BCUT2D eigenvalue weighted by Crippen LogP contribution is -2.40. The second kappa shape index (κ2) is 4.13. The minimum absolute atomic E-state index is 0.419. The van der Waals surface area contributed by atoms with Crippen LogP contribution in [0.5, 0.6) is 0 Å². The Kier molecular flexibility index (Phi) is 3.89. The summed E-state index contributed by atoms with van der Waals surface area (Å²) in [7, 11) is 0.